The number of carboxylic acids is 1. The van der Waals surface area contributed by atoms with Crippen LogP contribution in [0.25, 0.3) is 0 Å². The number of aromatic carboxylic acids is 1. The first-order valence-corrected chi connectivity index (χ1v) is 6.55. The second-order valence-corrected chi connectivity index (χ2v) is 5.20. The van der Waals surface area contributed by atoms with E-state index in [-0.39, 0.29) is 5.56 Å². The van der Waals surface area contributed by atoms with Gasteiger partial charge in [-0.05, 0) is 36.8 Å². The first-order valence-electron chi connectivity index (χ1n) is 5.73. The molecule has 0 fully saturated rings. The van der Waals surface area contributed by atoms with Crippen LogP contribution in [0.15, 0.2) is 46.2 Å². The lowest BCUT2D eigenvalue weighted by Gasteiger charge is -2.08. The molecule has 0 aliphatic carbocycles. The van der Waals surface area contributed by atoms with E-state index in [0.29, 0.717) is 10.5 Å². The maximum Gasteiger partial charge on any atom is 0.338 e. The monoisotopic (exact) mass is 287 g/mol. The van der Waals surface area contributed by atoms with Crippen LogP contribution >= 0.6 is 11.8 Å². The van der Waals surface area contributed by atoms with E-state index in [9.17, 15) is 9.18 Å². The van der Waals surface area contributed by atoms with Crippen molar-refractivity contribution in [2.24, 2.45) is 0 Å². The summed E-state index contributed by atoms with van der Waals surface area (Å²) in [5.41, 5.74) is 1.05. The van der Waals surface area contributed by atoms with Gasteiger partial charge in [0.15, 0.2) is 0 Å². The Balaban J connectivity index is 2.44. The van der Waals surface area contributed by atoms with Crippen LogP contribution in [-0.4, -0.2) is 11.1 Å². The van der Waals surface area contributed by atoms with Crippen molar-refractivity contribution >= 4 is 17.7 Å². The second kappa shape index (κ2) is 5.76. The van der Waals surface area contributed by atoms with Crippen LogP contribution in [0.3, 0.4) is 0 Å². The van der Waals surface area contributed by atoms with Crippen LogP contribution in [0.2, 0.25) is 0 Å². The summed E-state index contributed by atoms with van der Waals surface area (Å²) in [6, 6.07) is 11.3. The van der Waals surface area contributed by atoms with Gasteiger partial charge in [0, 0.05) is 9.79 Å². The lowest BCUT2D eigenvalue weighted by molar-refractivity contribution is 0.0691. The summed E-state index contributed by atoms with van der Waals surface area (Å²) >= 11 is 1.25. The molecule has 0 saturated heterocycles. The SMILES string of the molecule is Cc1cccc(C#N)c1Sc1ccc(F)c(C(=O)O)c1. The van der Waals surface area contributed by atoms with Crippen molar-refractivity contribution in [3.8, 4) is 6.07 Å². The largest absolute Gasteiger partial charge is 0.478 e. The van der Waals surface area contributed by atoms with Crippen LogP contribution in [0.5, 0.6) is 0 Å². The average Bonchev–Trinajstić information content (AvgIpc) is 2.42. The molecule has 1 N–H and O–H groups in total. The zero-order valence-electron chi connectivity index (χ0n) is 10.6. The number of hydrogen-bond acceptors (Lipinski definition) is 3. The van der Waals surface area contributed by atoms with E-state index in [1.54, 1.807) is 12.1 Å². The highest BCUT2D eigenvalue weighted by Gasteiger charge is 2.13. The van der Waals surface area contributed by atoms with Gasteiger partial charge in [0.2, 0.25) is 0 Å². The lowest BCUT2D eigenvalue weighted by Crippen LogP contribution is -2.00. The predicted octanol–water partition coefficient (Wildman–Crippen LogP) is 3.86. The number of hydrogen-bond donors (Lipinski definition) is 1. The van der Waals surface area contributed by atoms with Crippen molar-refractivity contribution in [2.75, 3.05) is 0 Å². The first kappa shape index (κ1) is 14.1. The fourth-order valence-corrected chi connectivity index (χ4v) is 2.73. The number of nitrogens with zero attached hydrogens (tertiary/aromatic N) is 1. The molecule has 2 aromatic carbocycles. The summed E-state index contributed by atoms with van der Waals surface area (Å²) in [6.07, 6.45) is 0. The molecule has 0 saturated carbocycles. The molecule has 5 heteroatoms. The molecular weight excluding hydrogens is 277 g/mol. The highest BCUT2D eigenvalue weighted by Crippen LogP contribution is 2.33. The fourth-order valence-electron chi connectivity index (χ4n) is 1.73. The smallest absolute Gasteiger partial charge is 0.338 e. The summed E-state index contributed by atoms with van der Waals surface area (Å²) in [7, 11) is 0. The Morgan fingerprint density at radius 1 is 1.35 bits per heavy atom. The number of rotatable bonds is 3. The summed E-state index contributed by atoms with van der Waals surface area (Å²) in [6.45, 7) is 1.87. The van der Waals surface area contributed by atoms with Crippen molar-refractivity contribution in [1.82, 2.24) is 0 Å². The third-order valence-corrected chi connectivity index (χ3v) is 3.96. The van der Waals surface area contributed by atoms with Crippen molar-refractivity contribution in [3.63, 3.8) is 0 Å². The highest BCUT2D eigenvalue weighted by molar-refractivity contribution is 7.99. The lowest BCUT2D eigenvalue weighted by atomic mass is 10.1. The van der Waals surface area contributed by atoms with E-state index in [4.69, 9.17) is 10.4 Å². The maximum absolute atomic E-state index is 13.3. The van der Waals surface area contributed by atoms with Gasteiger partial charge >= 0.3 is 5.97 Å². The minimum absolute atomic E-state index is 0.373. The zero-order valence-corrected chi connectivity index (χ0v) is 11.4. The van der Waals surface area contributed by atoms with Crippen molar-refractivity contribution < 1.29 is 14.3 Å². The van der Waals surface area contributed by atoms with Gasteiger partial charge in [0.05, 0.1) is 11.1 Å². The standard InChI is InChI=1S/C15H10FNO2S/c1-9-3-2-4-10(8-17)14(9)20-11-5-6-13(16)12(7-11)15(18)19/h2-7H,1H3,(H,18,19). The zero-order chi connectivity index (χ0) is 14.7. The van der Waals surface area contributed by atoms with Crippen LogP contribution in [-0.2, 0) is 0 Å². The Kier molecular flexibility index (Phi) is 4.06. The molecule has 0 amide bonds. The van der Waals surface area contributed by atoms with Crippen LogP contribution in [0, 0.1) is 24.1 Å². The Labute approximate surface area is 119 Å². The molecule has 0 aliphatic heterocycles. The van der Waals surface area contributed by atoms with Gasteiger partial charge < -0.3 is 5.11 Å². The third kappa shape index (κ3) is 2.81. The summed E-state index contributed by atoms with van der Waals surface area (Å²) in [5.74, 6) is -2.08. The number of carboxylic acid groups (broad SMARTS) is 1. The van der Waals surface area contributed by atoms with Gasteiger partial charge in [-0.3, -0.25) is 0 Å². The molecule has 0 bridgehead atoms. The minimum Gasteiger partial charge on any atom is -0.478 e. The number of benzene rings is 2. The first-order chi connectivity index (χ1) is 9.52. The molecule has 0 radical (unpaired) electrons. The molecule has 20 heavy (non-hydrogen) atoms. The van der Waals surface area contributed by atoms with Gasteiger partial charge in [-0.15, -0.1) is 0 Å². The van der Waals surface area contributed by atoms with Crippen LogP contribution < -0.4 is 0 Å². The predicted molar refractivity (Wildman–Crippen MR) is 73.4 cm³/mol. The summed E-state index contributed by atoms with van der Waals surface area (Å²) in [5, 5.41) is 18.0. The normalized spacial score (nSPS) is 10.1. The van der Waals surface area contributed by atoms with E-state index in [1.165, 1.54) is 23.9 Å². The fraction of sp³-hybridized carbons (Fsp3) is 0.0667. The van der Waals surface area contributed by atoms with Crippen molar-refractivity contribution in [3.05, 3.63) is 58.9 Å². The Morgan fingerprint density at radius 3 is 2.75 bits per heavy atom. The van der Waals surface area contributed by atoms with Gasteiger partial charge in [-0.1, -0.05) is 23.9 Å². The molecule has 0 spiro atoms. The molecule has 0 aromatic heterocycles. The summed E-state index contributed by atoms with van der Waals surface area (Å²) < 4.78 is 13.3. The topological polar surface area (TPSA) is 61.1 Å². The Morgan fingerprint density at radius 2 is 2.10 bits per heavy atom. The quantitative estimate of drug-likeness (QED) is 0.931. The Bertz CT molecular complexity index is 722. The third-order valence-electron chi connectivity index (χ3n) is 2.72. The number of carbonyl (C=O) groups is 1. The molecule has 0 atom stereocenters. The molecule has 0 heterocycles. The average molecular weight is 287 g/mol. The van der Waals surface area contributed by atoms with Gasteiger partial charge in [-0.25, -0.2) is 9.18 Å². The second-order valence-electron chi connectivity index (χ2n) is 4.11. The van der Waals surface area contributed by atoms with Crippen molar-refractivity contribution in [2.45, 2.75) is 16.7 Å². The van der Waals surface area contributed by atoms with Gasteiger partial charge in [0.1, 0.15) is 11.9 Å². The van der Waals surface area contributed by atoms with Gasteiger partial charge in [-0.2, -0.15) is 5.26 Å². The number of aryl methyl sites for hydroxylation is 1. The van der Waals surface area contributed by atoms with E-state index < -0.39 is 11.8 Å². The van der Waals surface area contributed by atoms with E-state index in [1.807, 2.05) is 13.0 Å². The molecule has 100 valence electrons. The van der Waals surface area contributed by atoms with E-state index in [2.05, 4.69) is 6.07 Å². The maximum atomic E-state index is 13.3. The van der Waals surface area contributed by atoms with Crippen LogP contribution in [0.1, 0.15) is 21.5 Å². The highest BCUT2D eigenvalue weighted by atomic mass is 32.2. The van der Waals surface area contributed by atoms with Crippen LogP contribution in [0.4, 0.5) is 4.39 Å². The Hall–Kier alpha value is -2.32. The molecule has 0 aliphatic rings. The number of halogens is 1. The molecule has 2 rings (SSSR count). The van der Waals surface area contributed by atoms with Crippen molar-refractivity contribution in [1.29, 1.82) is 5.26 Å². The van der Waals surface area contributed by atoms with E-state index >= 15 is 0 Å². The van der Waals surface area contributed by atoms with Gasteiger partial charge in [0.25, 0.3) is 0 Å². The molecule has 0 unspecified atom stereocenters. The summed E-state index contributed by atoms with van der Waals surface area (Å²) in [4.78, 5) is 12.2. The minimum atomic E-state index is -1.31. The molecule has 3 nitrogen and oxygen atoms in total. The van der Waals surface area contributed by atoms with E-state index in [0.717, 1.165) is 16.5 Å². The molecule has 2 aromatic rings. The number of nitriles is 1. The molecular formula is C15H10FNO2S.